The number of rotatable bonds is 3. The molecule has 1 amide bonds. The Morgan fingerprint density at radius 2 is 2.36 bits per heavy atom. The summed E-state index contributed by atoms with van der Waals surface area (Å²) in [5.41, 5.74) is 8.26. The third kappa shape index (κ3) is 3.33. The van der Waals surface area contributed by atoms with E-state index in [1.807, 2.05) is 30.0 Å². The molecule has 2 unspecified atom stereocenters. The van der Waals surface area contributed by atoms with E-state index in [0.29, 0.717) is 5.92 Å². The molecule has 0 saturated carbocycles. The number of hydrogen-bond donors (Lipinski definition) is 1. The lowest BCUT2D eigenvalue weighted by atomic mass is 9.92. The maximum Gasteiger partial charge on any atom is 0.246 e. The summed E-state index contributed by atoms with van der Waals surface area (Å²) in [7, 11) is 0. The molecule has 2 N–H and O–H groups in total. The first-order chi connectivity index (χ1) is 10.6. The summed E-state index contributed by atoms with van der Waals surface area (Å²) < 4.78 is 5.50. The van der Waals surface area contributed by atoms with Crippen molar-refractivity contribution in [3.8, 4) is 5.75 Å². The molecule has 22 heavy (non-hydrogen) atoms. The standard InChI is InChI=1S/C18H24N2O2/c1-13(19)16-3-2-9-20(12-16)18(21)7-5-14-4-6-17-15(11-14)8-10-22-17/h4-7,11,13,16H,2-3,8-10,12,19H2,1H3. The Bertz CT molecular complexity index is 580. The van der Waals surface area contributed by atoms with Gasteiger partial charge in [0.1, 0.15) is 5.75 Å². The molecule has 1 aromatic carbocycles. The van der Waals surface area contributed by atoms with E-state index in [2.05, 4.69) is 6.07 Å². The van der Waals surface area contributed by atoms with Crippen molar-refractivity contribution in [2.75, 3.05) is 19.7 Å². The zero-order valence-electron chi connectivity index (χ0n) is 13.1. The van der Waals surface area contributed by atoms with Gasteiger partial charge < -0.3 is 15.4 Å². The molecular weight excluding hydrogens is 276 g/mol. The van der Waals surface area contributed by atoms with Crippen LogP contribution in [-0.2, 0) is 11.2 Å². The number of amides is 1. The average molecular weight is 300 g/mol. The van der Waals surface area contributed by atoms with Crippen LogP contribution in [0.2, 0.25) is 0 Å². The van der Waals surface area contributed by atoms with Gasteiger partial charge in [0.25, 0.3) is 0 Å². The molecule has 1 fully saturated rings. The van der Waals surface area contributed by atoms with Crippen LogP contribution in [0, 0.1) is 5.92 Å². The minimum atomic E-state index is 0.0853. The van der Waals surface area contributed by atoms with Crippen LogP contribution >= 0.6 is 0 Å². The molecule has 0 bridgehead atoms. The summed E-state index contributed by atoms with van der Waals surface area (Å²) in [5, 5.41) is 0. The molecule has 2 heterocycles. The van der Waals surface area contributed by atoms with E-state index in [0.717, 1.165) is 50.3 Å². The second kappa shape index (κ2) is 6.53. The predicted molar refractivity (Wildman–Crippen MR) is 87.6 cm³/mol. The van der Waals surface area contributed by atoms with E-state index in [4.69, 9.17) is 10.5 Å². The van der Waals surface area contributed by atoms with Gasteiger partial charge in [-0.25, -0.2) is 0 Å². The number of likely N-dealkylation sites (tertiary alicyclic amines) is 1. The molecule has 2 aliphatic rings. The third-order valence-corrected chi connectivity index (χ3v) is 4.64. The fraction of sp³-hybridized carbons (Fsp3) is 0.500. The van der Waals surface area contributed by atoms with Crippen LogP contribution in [0.3, 0.4) is 0 Å². The molecular formula is C18H24N2O2. The highest BCUT2D eigenvalue weighted by molar-refractivity contribution is 5.91. The first kappa shape index (κ1) is 15.1. The van der Waals surface area contributed by atoms with E-state index in [1.54, 1.807) is 6.08 Å². The molecule has 0 aliphatic carbocycles. The number of benzene rings is 1. The number of piperidine rings is 1. The highest BCUT2D eigenvalue weighted by atomic mass is 16.5. The number of ether oxygens (including phenoxy) is 1. The van der Waals surface area contributed by atoms with Crippen molar-refractivity contribution >= 4 is 12.0 Å². The Hall–Kier alpha value is -1.81. The molecule has 1 aromatic rings. The molecule has 2 atom stereocenters. The number of hydrogen-bond acceptors (Lipinski definition) is 3. The van der Waals surface area contributed by atoms with Gasteiger partial charge in [-0.3, -0.25) is 4.79 Å². The Labute approximate surface area is 131 Å². The summed E-state index contributed by atoms with van der Waals surface area (Å²) in [4.78, 5) is 14.3. The number of nitrogens with two attached hydrogens (primary N) is 1. The van der Waals surface area contributed by atoms with Gasteiger partial charge in [-0.2, -0.15) is 0 Å². The Morgan fingerprint density at radius 1 is 1.50 bits per heavy atom. The first-order valence-corrected chi connectivity index (χ1v) is 8.12. The topological polar surface area (TPSA) is 55.6 Å². The predicted octanol–water partition coefficient (Wildman–Crippen LogP) is 2.22. The second-order valence-electron chi connectivity index (χ2n) is 6.34. The zero-order valence-corrected chi connectivity index (χ0v) is 13.1. The van der Waals surface area contributed by atoms with Gasteiger partial charge >= 0.3 is 0 Å². The van der Waals surface area contributed by atoms with E-state index < -0.39 is 0 Å². The van der Waals surface area contributed by atoms with Gasteiger partial charge in [0.2, 0.25) is 5.91 Å². The highest BCUT2D eigenvalue weighted by Crippen LogP contribution is 2.26. The van der Waals surface area contributed by atoms with Crippen molar-refractivity contribution in [3.05, 3.63) is 35.4 Å². The largest absolute Gasteiger partial charge is 0.493 e. The van der Waals surface area contributed by atoms with Crippen LogP contribution in [0.1, 0.15) is 30.9 Å². The van der Waals surface area contributed by atoms with Crippen LogP contribution in [-0.4, -0.2) is 36.5 Å². The summed E-state index contributed by atoms with van der Waals surface area (Å²) in [6, 6.07) is 6.23. The summed E-state index contributed by atoms with van der Waals surface area (Å²) in [6.07, 6.45) is 6.70. The summed E-state index contributed by atoms with van der Waals surface area (Å²) in [6.45, 7) is 4.40. The first-order valence-electron chi connectivity index (χ1n) is 8.12. The van der Waals surface area contributed by atoms with Crippen molar-refractivity contribution in [1.82, 2.24) is 4.90 Å². The molecule has 4 heteroatoms. The number of nitrogens with zero attached hydrogens (tertiary/aromatic N) is 1. The molecule has 2 aliphatic heterocycles. The molecule has 3 rings (SSSR count). The molecule has 0 spiro atoms. The number of fused-ring (bicyclic) bond motifs is 1. The quantitative estimate of drug-likeness (QED) is 0.871. The third-order valence-electron chi connectivity index (χ3n) is 4.64. The Kier molecular flexibility index (Phi) is 4.48. The maximum absolute atomic E-state index is 12.3. The zero-order chi connectivity index (χ0) is 15.5. The fourth-order valence-corrected chi connectivity index (χ4v) is 3.22. The number of carbonyl (C=O) groups excluding carboxylic acids is 1. The van der Waals surface area contributed by atoms with Crippen LogP contribution in [0.4, 0.5) is 0 Å². The minimum absolute atomic E-state index is 0.0853. The average Bonchev–Trinajstić information content (AvgIpc) is 3.00. The van der Waals surface area contributed by atoms with E-state index >= 15 is 0 Å². The molecule has 0 aromatic heterocycles. The summed E-state index contributed by atoms with van der Waals surface area (Å²) in [5.74, 6) is 1.48. The van der Waals surface area contributed by atoms with Gasteiger partial charge in [0.15, 0.2) is 0 Å². The van der Waals surface area contributed by atoms with Crippen molar-refractivity contribution in [1.29, 1.82) is 0 Å². The Morgan fingerprint density at radius 3 is 3.18 bits per heavy atom. The van der Waals surface area contributed by atoms with Crippen LogP contribution < -0.4 is 10.5 Å². The van der Waals surface area contributed by atoms with Gasteiger partial charge in [-0.15, -0.1) is 0 Å². The smallest absolute Gasteiger partial charge is 0.246 e. The van der Waals surface area contributed by atoms with Crippen LogP contribution in [0.5, 0.6) is 5.75 Å². The monoisotopic (exact) mass is 300 g/mol. The van der Waals surface area contributed by atoms with Crippen molar-refractivity contribution < 1.29 is 9.53 Å². The molecule has 0 radical (unpaired) electrons. The van der Waals surface area contributed by atoms with Gasteiger partial charge in [0, 0.05) is 31.6 Å². The van der Waals surface area contributed by atoms with Crippen molar-refractivity contribution in [3.63, 3.8) is 0 Å². The van der Waals surface area contributed by atoms with Gasteiger partial charge in [-0.05, 0) is 55.0 Å². The lowest BCUT2D eigenvalue weighted by Crippen LogP contribution is -2.44. The van der Waals surface area contributed by atoms with Crippen molar-refractivity contribution in [2.24, 2.45) is 11.7 Å². The minimum Gasteiger partial charge on any atom is -0.493 e. The number of carbonyl (C=O) groups is 1. The van der Waals surface area contributed by atoms with Crippen LogP contribution in [0.25, 0.3) is 6.08 Å². The SMILES string of the molecule is CC(N)C1CCCN(C(=O)C=Cc2ccc3c(c2)CCO3)C1. The van der Waals surface area contributed by atoms with E-state index in [9.17, 15) is 4.79 Å². The molecule has 4 nitrogen and oxygen atoms in total. The molecule has 1 saturated heterocycles. The normalized spacial score (nSPS) is 22.5. The Balaban J connectivity index is 1.63. The van der Waals surface area contributed by atoms with Crippen molar-refractivity contribution in [2.45, 2.75) is 32.2 Å². The highest BCUT2D eigenvalue weighted by Gasteiger charge is 2.24. The molecule has 118 valence electrons. The van der Waals surface area contributed by atoms with E-state index in [-0.39, 0.29) is 11.9 Å². The maximum atomic E-state index is 12.3. The van der Waals surface area contributed by atoms with Crippen LogP contribution in [0.15, 0.2) is 24.3 Å². The fourth-order valence-electron chi connectivity index (χ4n) is 3.22. The second-order valence-corrected chi connectivity index (χ2v) is 6.34. The lowest BCUT2D eigenvalue weighted by molar-refractivity contribution is -0.127. The van der Waals surface area contributed by atoms with E-state index in [1.165, 1.54) is 5.56 Å². The summed E-state index contributed by atoms with van der Waals surface area (Å²) >= 11 is 0. The van der Waals surface area contributed by atoms with Gasteiger partial charge in [-0.1, -0.05) is 6.07 Å². The lowest BCUT2D eigenvalue weighted by Gasteiger charge is -2.34. The van der Waals surface area contributed by atoms with Gasteiger partial charge in [0.05, 0.1) is 6.61 Å².